The Morgan fingerprint density at radius 2 is 2.08 bits per heavy atom. The van der Waals surface area contributed by atoms with E-state index in [1.807, 2.05) is 12.1 Å². The Kier molecular flexibility index (Phi) is 4.83. The number of furan rings is 1. The predicted molar refractivity (Wildman–Crippen MR) is 98.7 cm³/mol. The standard InChI is InChI=1S/C21H26N2O3/c1-25-15-20(24)22-19-13-21(18-7-3-2-6-17(18)19)8-10-23(11-9-21)14-16-5-4-12-26-16/h2-7,12,19H,8-11,13-15H2,1H3,(H,22,24)/t19-/m0/s1. The first kappa shape index (κ1) is 17.3. The van der Waals surface area contributed by atoms with Crippen molar-refractivity contribution < 1.29 is 13.9 Å². The molecule has 0 bridgehead atoms. The number of hydrogen-bond donors (Lipinski definition) is 1. The average Bonchev–Trinajstić information content (AvgIpc) is 3.25. The van der Waals surface area contributed by atoms with Crippen LogP contribution in [0.4, 0.5) is 0 Å². The zero-order valence-corrected chi connectivity index (χ0v) is 15.2. The maximum atomic E-state index is 12.1. The predicted octanol–water partition coefficient (Wildman–Crippen LogP) is 3.02. The van der Waals surface area contributed by atoms with Gasteiger partial charge in [-0.2, -0.15) is 0 Å². The van der Waals surface area contributed by atoms with Crippen molar-refractivity contribution in [2.24, 2.45) is 0 Å². The molecule has 1 atom stereocenters. The highest BCUT2D eigenvalue weighted by atomic mass is 16.5. The van der Waals surface area contributed by atoms with Crippen LogP contribution in [0.2, 0.25) is 0 Å². The summed E-state index contributed by atoms with van der Waals surface area (Å²) < 4.78 is 10.5. The number of nitrogens with zero attached hydrogens (tertiary/aromatic N) is 1. The normalized spacial score (nSPS) is 21.7. The third-order valence-electron chi connectivity index (χ3n) is 5.89. The van der Waals surface area contributed by atoms with Crippen LogP contribution in [0.3, 0.4) is 0 Å². The number of hydrogen-bond acceptors (Lipinski definition) is 4. The Balaban J connectivity index is 1.48. The van der Waals surface area contributed by atoms with E-state index in [0.717, 1.165) is 44.7 Å². The molecule has 5 nitrogen and oxygen atoms in total. The number of piperidine rings is 1. The minimum absolute atomic E-state index is 0.0420. The smallest absolute Gasteiger partial charge is 0.246 e. The first-order valence-electron chi connectivity index (χ1n) is 9.33. The molecule has 4 rings (SSSR count). The van der Waals surface area contributed by atoms with Gasteiger partial charge < -0.3 is 14.5 Å². The van der Waals surface area contributed by atoms with Crippen molar-refractivity contribution >= 4 is 5.91 Å². The van der Waals surface area contributed by atoms with E-state index in [0.29, 0.717) is 0 Å². The first-order valence-corrected chi connectivity index (χ1v) is 9.33. The van der Waals surface area contributed by atoms with Gasteiger partial charge in [0.1, 0.15) is 12.4 Å². The average molecular weight is 354 g/mol. The highest BCUT2D eigenvalue weighted by molar-refractivity contribution is 5.78. The number of carbonyl (C=O) groups is 1. The lowest BCUT2D eigenvalue weighted by Gasteiger charge is -2.40. The van der Waals surface area contributed by atoms with E-state index in [9.17, 15) is 4.79 Å². The van der Waals surface area contributed by atoms with Gasteiger partial charge >= 0.3 is 0 Å². The summed E-state index contributed by atoms with van der Waals surface area (Å²) in [5, 5.41) is 3.16. The van der Waals surface area contributed by atoms with Crippen molar-refractivity contribution in [3.8, 4) is 0 Å². The summed E-state index contributed by atoms with van der Waals surface area (Å²) in [5.41, 5.74) is 2.86. The number of likely N-dealkylation sites (tertiary alicyclic amines) is 1. The molecule has 1 aromatic heterocycles. The number of methoxy groups -OCH3 is 1. The molecule has 0 saturated carbocycles. The Labute approximate surface area is 154 Å². The van der Waals surface area contributed by atoms with Crippen molar-refractivity contribution in [1.29, 1.82) is 0 Å². The number of benzene rings is 1. The van der Waals surface area contributed by atoms with E-state index in [1.165, 1.54) is 11.1 Å². The largest absolute Gasteiger partial charge is 0.468 e. The lowest BCUT2D eigenvalue weighted by molar-refractivity contribution is -0.125. The van der Waals surface area contributed by atoms with E-state index in [-0.39, 0.29) is 24.0 Å². The minimum atomic E-state index is -0.0420. The second-order valence-electron chi connectivity index (χ2n) is 7.48. The molecule has 1 fully saturated rings. The zero-order chi connectivity index (χ0) is 18.0. The fourth-order valence-electron chi connectivity index (χ4n) is 4.63. The third-order valence-corrected chi connectivity index (χ3v) is 5.89. The summed E-state index contributed by atoms with van der Waals surface area (Å²) in [6, 6.07) is 12.7. The van der Waals surface area contributed by atoms with Gasteiger partial charge in [-0.3, -0.25) is 9.69 Å². The molecule has 1 spiro atoms. The number of amides is 1. The van der Waals surface area contributed by atoms with Gasteiger partial charge in [0.2, 0.25) is 5.91 Å². The monoisotopic (exact) mass is 354 g/mol. The van der Waals surface area contributed by atoms with Gasteiger partial charge in [-0.05, 0) is 55.6 Å². The van der Waals surface area contributed by atoms with Crippen LogP contribution >= 0.6 is 0 Å². The van der Waals surface area contributed by atoms with Crippen molar-refractivity contribution in [3.63, 3.8) is 0 Å². The molecule has 2 aliphatic rings. The van der Waals surface area contributed by atoms with Gasteiger partial charge in [0.05, 0.1) is 18.8 Å². The topological polar surface area (TPSA) is 54.7 Å². The van der Waals surface area contributed by atoms with Crippen LogP contribution < -0.4 is 5.32 Å². The van der Waals surface area contributed by atoms with E-state index in [4.69, 9.17) is 9.15 Å². The second kappa shape index (κ2) is 7.25. The summed E-state index contributed by atoms with van der Waals surface area (Å²) in [6.45, 7) is 3.09. The summed E-state index contributed by atoms with van der Waals surface area (Å²) in [6.07, 6.45) is 4.94. The van der Waals surface area contributed by atoms with Crippen LogP contribution in [0.25, 0.3) is 0 Å². The molecule has 1 aliphatic carbocycles. The van der Waals surface area contributed by atoms with E-state index in [2.05, 4.69) is 34.5 Å². The summed E-state index contributed by atoms with van der Waals surface area (Å²) in [4.78, 5) is 14.5. The Hall–Kier alpha value is -2.11. The molecule has 1 saturated heterocycles. The lowest BCUT2D eigenvalue weighted by atomic mass is 9.73. The molecular formula is C21H26N2O3. The summed E-state index contributed by atoms with van der Waals surface area (Å²) in [5.74, 6) is 0.983. The molecule has 2 heterocycles. The number of carbonyl (C=O) groups excluding carboxylic acids is 1. The van der Waals surface area contributed by atoms with Crippen LogP contribution in [-0.2, 0) is 21.5 Å². The first-order chi connectivity index (χ1) is 12.7. The van der Waals surface area contributed by atoms with Gasteiger partial charge in [-0.25, -0.2) is 0 Å². The third kappa shape index (κ3) is 3.29. The van der Waals surface area contributed by atoms with Gasteiger partial charge in [-0.15, -0.1) is 0 Å². The van der Waals surface area contributed by atoms with Crippen LogP contribution in [-0.4, -0.2) is 37.6 Å². The van der Waals surface area contributed by atoms with Crippen LogP contribution in [0, 0.1) is 0 Å². The molecule has 138 valence electrons. The second-order valence-corrected chi connectivity index (χ2v) is 7.48. The summed E-state index contributed by atoms with van der Waals surface area (Å²) in [7, 11) is 1.55. The van der Waals surface area contributed by atoms with Crippen LogP contribution in [0.15, 0.2) is 47.1 Å². The molecule has 1 aromatic carbocycles. The van der Waals surface area contributed by atoms with E-state index in [1.54, 1.807) is 13.4 Å². The molecule has 2 aromatic rings. The minimum Gasteiger partial charge on any atom is -0.468 e. The number of ether oxygens (including phenoxy) is 1. The maximum absolute atomic E-state index is 12.1. The molecule has 26 heavy (non-hydrogen) atoms. The molecule has 1 aliphatic heterocycles. The van der Waals surface area contributed by atoms with Gasteiger partial charge in [0.25, 0.3) is 0 Å². The van der Waals surface area contributed by atoms with E-state index < -0.39 is 0 Å². The van der Waals surface area contributed by atoms with Crippen molar-refractivity contribution in [2.45, 2.75) is 37.3 Å². The fraction of sp³-hybridized carbons (Fsp3) is 0.476. The quantitative estimate of drug-likeness (QED) is 0.897. The Morgan fingerprint density at radius 1 is 1.27 bits per heavy atom. The zero-order valence-electron chi connectivity index (χ0n) is 15.2. The summed E-state index contributed by atoms with van der Waals surface area (Å²) >= 11 is 0. The molecule has 5 heteroatoms. The lowest BCUT2D eigenvalue weighted by Crippen LogP contribution is -2.41. The van der Waals surface area contributed by atoms with E-state index >= 15 is 0 Å². The van der Waals surface area contributed by atoms with Gasteiger partial charge in [0, 0.05) is 12.5 Å². The molecule has 0 unspecified atom stereocenters. The highest BCUT2D eigenvalue weighted by Gasteiger charge is 2.45. The van der Waals surface area contributed by atoms with Crippen LogP contribution in [0.1, 0.15) is 42.2 Å². The Morgan fingerprint density at radius 3 is 2.81 bits per heavy atom. The number of rotatable bonds is 5. The molecular weight excluding hydrogens is 328 g/mol. The molecule has 0 radical (unpaired) electrons. The number of fused-ring (bicyclic) bond motifs is 2. The van der Waals surface area contributed by atoms with Crippen molar-refractivity contribution in [3.05, 3.63) is 59.5 Å². The SMILES string of the molecule is COCC(=O)N[C@H]1CC2(CCN(Cc3ccco3)CC2)c2ccccc21. The van der Waals surface area contributed by atoms with Crippen molar-refractivity contribution in [1.82, 2.24) is 10.2 Å². The Bertz CT molecular complexity index is 748. The van der Waals surface area contributed by atoms with Gasteiger partial charge in [0.15, 0.2) is 0 Å². The maximum Gasteiger partial charge on any atom is 0.246 e. The highest BCUT2D eigenvalue weighted by Crippen LogP contribution is 2.50. The number of nitrogens with one attached hydrogen (secondary N) is 1. The van der Waals surface area contributed by atoms with Gasteiger partial charge in [-0.1, -0.05) is 24.3 Å². The molecule has 1 amide bonds. The molecule has 1 N–H and O–H groups in total. The fourth-order valence-corrected chi connectivity index (χ4v) is 4.63. The van der Waals surface area contributed by atoms with Crippen LogP contribution in [0.5, 0.6) is 0 Å². The van der Waals surface area contributed by atoms with Crippen molar-refractivity contribution in [2.75, 3.05) is 26.8 Å².